The molecule has 0 radical (unpaired) electrons. The molecule has 1 aromatic rings. The molecule has 0 saturated heterocycles. The van der Waals surface area contributed by atoms with Crippen molar-refractivity contribution >= 4 is 10.0 Å². The Morgan fingerprint density at radius 1 is 1.28 bits per heavy atom. The van der Waals surface area contributed by atoms with Crippen LogP contribution in [0.2, 0.25) is 0 Å². The monoisotopic (exact) mass is 271 g/mol. The van der Waals surface area contributed by atoms with Gasteiger partial charge in [-0.05, 0) is 50.5 Å². The van der Waals surface area contributed by atoms with Crippen LogP contribution in [0.25, 0.3) is 0 Å². The van der Waals surface area contributed by atoms with Gasteiger partial charge in [-0.2, -0.15) is 0 Å². The van der Waals surface area contributed by atoms with Gasteiger partial charge in [0.05, 0.1) is 4.90 Å². The lowest BCUT2D eigenvalue weighted by Gasteiger charge is -2.11. The molecular weight excluding hydrogens is 253 g/mol. The highest BCUT2D eigenvalue weighted by molar-refractivity contribution is 7.89. The fourth-order valence-electron chi connectivity index (χ4n) is 1.84. The van der Waals surface area contributed by atoms with Crippen LogP contribution in [0.15, 0.2) is 29.2 Å². The highest BCUT2D eigenvalue weighted by Gasteiger charge is 2.19. The van der Waals surface area contributed by atoms with Crippen molar-refractivity contribution < 1.29 is 12.8 Å². The van der Waals surface area contributed by atoms with Crippen LogP contribution in [0.5, 0.6) is 0 Å². The van der Waals surface area contributed by atoms with Crippen LogP contribution < -0.4 is 4.72 Å². The van der Waals surface area contributed by atoms with E-state index in [0.717, 1.165) is 0 Å². The first-order valence-corrected chi connectivity index (χ1v) is 7.24. The molecule has 0 aliphatic carbocycles. The van der Waals surface area contributed by atoms with E-state index in [1.165, 1.54) is 12.1 Å². The van der Waals surface area contributed by atoms with Gasteiger partial charge in [-0.3, -0.25) is 0 Å². The number of halogens is 1. The molecule has 18 heavy (non-hydrogen) atoms. The van der Waals surface area contributed by atoms with Gasteiger partial charge in [0.2, 0.25) is 10.0 Å². The molecule has 0 heterocycles. The van der Waals surface area contributed by atoms with Crippen molar-refractivity contribution in [1.29, 1.82) is 0 Å². The SMILES string of the molecule is C/C=C/CCNS(=O)(=O)c1c(C)cc(F)cc1C. The minimum Gasteiger partial charge on any atom is -0.211 e. The zero-order valence-electron chi connectivity index (χ0n) is 10.8. The third-order valence-corrected chi connectivity index (χ3v) is 4.30. The average molecular weight is 271 g/mol. The lowest BCUT2D eigenvalue weighted by atomic mass is 10.1. The van der Waals surface area contributed by atoms with Gasteiger partial charge in [0.1, 0.15) is 5.82 Å². The topological polar surface area (TPSA) is 46.2 Å². The van der Waals surface area contributed by atoms with Crippen LogP contribution in [0, 0.1) is 19.7 Å². The molecule has 1 aromatic carbocycles. The predicted octanol–water partition coefficient (Wildman–Crippen LogP) is 2.69. The second-order valence-electron chi connectivity index (χ2n) is 4.12. The third kappa shape index (κ3) is 3.65. The fraction of sp³-hybridized carbons (Fsp3) is 0.385. The van der Waals surface area contributed by atoms with E-state index in [-0.39, 0.29) is 4.90 Å². The van der Waals surface area contributed by atoms with E-state index in [9.17, 15) is 12.8 Å². The average Bonchev–Trinajstić information content (AvgIpc) is 2.22. The Labute approximate surface area is 108 Å². The first-order chi connectivity index (χ1) is 8.38. The van der Waals surface area contributed by atoms with Gasteiger partial charge < -0.3 is 0 Å². The summed E-state index contributed by atoms with van der Waals surface area (Å²) in [5.41, 5.74) is 0.845. The lowest BCUT2D eigenvalue weighted by Crippen LogP contribution is -2.26. The molecule has 0 aliphatic rings. The summed E-state index contributed by atoms with van der Waals surface area (Å²) >= 11 is 0. The van der Waals surface area contributed by atoms with Gasteiger partial charge in [-0.25, -0.2) is 17.5 Å². The number of benzene rings is 1. The first-order valence-electron chi connectivity index (χ1n) is 5.76. The maximum absolute atomic E-state index is 13.1. The van der Waals surface area contributed by atoms with Crippen molar-refractivity contribution in [3.63, 3.8) is 0 Å². The Hall–Kier alpha value is -1.20. The van der Waals surface area contributed by atoms with E-state index >= 15 is 0 Å². The standard InChI is InChI=1S/C13H18FNO2S/c1-4-5-6-7-15-18(16,17)13-10(2)8-12(14)9-11(13)3/h4-5,8-9,15H,6-7H2,1-3H3/b5-4+. The first kappa shape index (κ1) is 14.9. The van der Waals surface area contributed by atoms with Gasteiger partial charge >= 0.3 is 0 Å². The van der Waals surface area contributed by atoms with Gasteiger partial charge in [-0.15, -0.1) is 0 Å². The molecule has 0 saturated carbocycles. The molecule has 5 heteroatoms. The summed E-state index contributed by atoms with van der Waals surface area (Å²) in [7, 11) is -3.57. The quantitative estimate of drug-likeness (QED) is 0.661. The van der Waals surface area contributed by atoms with Gasteiger partial charge in [0.25, 0.3) is 0 Å². The maximum Gasteiger partial charge on any atom is 0.241 e. The zero-order chi connectivity index (χ0) is 13.8. The van der Waals surface area contributed by atoms with Crippen molar-refractivity contribution in [2.45, 2.75) is 32.1 Å². The second kappa shape index (κ2) is 6.11. The van der Waals surface area contributed by atoms with E-state index in [1.807, 2.05) is 19.1 Å². The molecule has 3 nitrogen and oxygen atoms in total. The van der Waals surface area contributed by atoms with Crippen LogP contribution in [0.4, 0.5) is 4.39 Å². The summed E-state index contributed by atoms with van der Waals surface area (Å²) in [6, 6.07) is 2.46. The highest BCUT2D eigenvalue weighted by atomic mass is 32.2. The van der Waals surface area contributed by atoms with E-state index in [0.29, 0.717) is 24.1 Å². The Kier molecular flexibility index (Phi) is 5.04. The number of hydrogen-bond acceptors (Lipinski definition) is 2. The van der Waals surface area contributed by atoms with Crippen molar-refractivity contribution in [3.05, 3.63) is 41.2 Å². The molecular formula is C13H18FNO2S. The Morgan fingerprint density at radius 2 is 1.83 bits per heavy atom. The smallest absolute Gasteiger partial charge is 0.211 e. The lowest BCUT2D eigenvalue weighted by molar-refractivity contribution is 0.579. The second-order valence-corrected chi connectivity index (χ2v) is 5.83. The largest absolute Gasteiger partial charge is 0.241 e. The normalized spacial score (nSPS) is 12.2. The fourth-order valence-corrected chi connectivity index (χ4v) is 3.33. The van der Waals surface area contributed by atoms with Crippen LogP contribution in [-0.4, -0.2) is 15.0 Å². The summed E-state index contributed by atoms with van der Waals surface area (Å²) in [4.78, 5) is 0.171. The van der Waals surface area contributed by atoms with Crippen molar-refractivity contribution in [2.24, 2.45) is 0 Å². The molecule has 1 N–H and O–H groups in total. The molecule has 0 atom stereocenters. The van der Waals surface area contributed by atoms with E-state index < -0.39 is 15.8 Å². The molecule has 1 rings (SSSR count). The number of allylic oxidation sites excluding steroid dienone is 1. The molecule has 0 amide bonds. The van der Waals surface area contributed by atoms with Crippen molar-refractivity contribution in [2.75, 3.05) is 6.54 Å². The Morgan fingerprint density at radius 3 is 2.33 bits per heavy atom. The molecule has 0 aromatic heterocycles. The molecule has 0 bridgehead atoms. The number of rotatable bonds is 5. The van der Waals surface area contributed by atoms with E-state index in [4.69, 9.17) is 0 Å². The molecule has 0 aliphatic heterocycles. The molecule has 0 spiro atoms. The number of hydrogen-bond donors (Lipinski definition) is 1. The summed E-state index contributed by atoms with van der Waals surface area (Å²) in [6.07, 6.45) is 4.38. The number of aryl methyl sites for hydroxylation is 2. The van der Waals surface area contributed by atoms with Crippen LogP contribution in [-0.2, 0) is 10.0 Å². The Bertz CT molecular complexity index is 527. The van der Waals surface area contributed by atoms with Crippen LogP contribution in [0.1, 0.15) is 24.5 Å². The van der Waals surface area contributed by atoms with Crippen LogP contribution >= 0.6 is 0 Å². The van der Waals surface area contributed by atoms with E-state index in [2.05, 4.69) is 4.72 Å². The number of sulfonamides is 1. The number of nitrogens with one attached hydrogen (secondary N) is 1. The maximum atomic E-state index is 13.1. The Balaban J connectivity index is 2.98. The minimum absolute atomic E-state index is 0.171. The minimum atomic E-state index is -3.57. The summed E-state index contributed by atoms with van der Waals surface area (Å²) in [6.45, 7) is 5.40. The molecule has 0 fully saturated rings. The molecule has 100 valence electrons. The van der Waals surface area contributed by atoms with Crippen molar-refractivity contribution in [3.8, 4) is 0 Å². The van der Waals surface area contributed by atoms with Gasteiger partial charge in [0.15, 0.2) is 0 Å². The highest BCUT2D eigenvalue weighted by Crippen LogP contribution is 2.21. The zero-order valence-corrected chi connectivity index (χ0v) is 11.6. The molecule has 0 unspecified atom stereocenters. The predicted molar refractivity (Wildman–Crippen MR) is 70.5 cm³/mol. The van der Waals surface area contributed by atoms with Crippen LogP contribution in [0.3, 0.4) is 0 Å². The summed E-state index contributed by atoms with van der Waals surface area (Å²) in [5.74, 6) is -0.419. The third-order valence-electron chi connectivity index (χ3n) is 2.53. The van der Waals surface area contributed by atoms with Gasteiger partial charge in [0, 0.05) is 6.54 Å². The van der Waals surface area contributed by atoms with E-state index in [1.54, 1.807) is 13.8 Å². The van der Waals surface area contributed by atoms with Gasteiger partial charge in [-0.1, -0.05) is 12.2 Å². The summed E-state index contributed by atoms with van der Waals surface area (Å²) in [5, 5.41) is 0. The van der Waals surface area contributed by atoms with Crippen molar-refractivity contribution in [1.82, 2.24) is 4.72 Å². The summed E-state index contributed by atoms with van der Waals surface area (Å²) < 4.78 is 39.8.